The Kier molecular flexibility index (Phi) is 57.7. The number of hydrogen-bond acceptors (Lipinski definition) is 6. The SMILES string of the molecule is CCCCC/C=C\CCCCCCCC(=O)OCC(COC(=O)CCCCCCCCCCCCC/C=C\CCCCCCCCCC)OC(=O)CCCCCCCCCCCCCCCCCCC. The molecule has 0 fully saturated rings. The largest absolute Gasteiger partial charge is 0.462 e. The normalized spacial score (nSPS) is 12.1. The molecule has 0 saturated heterocycles. The number of rotatable bonds is 58. The molecule has 0 N–H and O–H groups in total. The van der Waals surface area contributed by atoms with Gasteiger partial charge >= 0.3 is 17.9 Å². The van der Waals surface area contributed by atoms with Gasteiger partial charge in [0.05, 0.1) is 0 Å². The molecule has 0 amide bonds. The van der Waals surface area contributed by atoms with E-state index in [-0.39, 0.29) is 31.1 Å². The Morgan fingerprint density at radius 1 is 0.271 bits per heavy atom. The Morgan fingerprint density at radius 3 is 0.743 bits per heavy atom. The number of ether oxygens (including phenoxy) is 3. The predicted octanol–water partition coefficient (Wildman–Crippen LogP) is 21.1. The van der Waals surface area contributed by atoms with Crippen LogP contribution in [0.1, 0.15) is 348 Å². The molecule has 0 aromatic heterocycles. The fourth-order valence-corrected chi connectivity index (χ4v) is 9.44. The highest BCUT2D eigenvalue weighted by Crippen LogP contribution is 2.17. The quantitative estimate of drug-likeness (QED) is 0.0261. The summed E-state index contributed by atoms with van der Waals surface area (Å²) in [6.45, 7) is 6.67. The summed E-state index contributed by atoms with van der Waals surface area (Å²) in [7, 11) is 0. The van der Waals surface area contributed by atoms with Crippen LogP contribution in [-0.4, -0.2) is 37.2 Å². The summed E-state index contributed by atoms with van der Waals surface area (Å²) in [5.74, 6) is -0.856. The third-order valence-corrected chi connectivity index (χ3v) is 14.2. The molecule has 0 aliphatic rings. The van der Waals surface area contributed by atoms with Crippen molar-refractivity contribution in [2.45, 2.75) is 354 Å². The number of hydrogen-bond donors (Lipinski definition) is 0. The molecule has 0 bridgehead atoms. The second kappa shape index (κ2) is 59.5. The lowest BCUT2D eigenvalue weighted by atomic mass is 10.0. The van der Waals surface area contributed by atoms with Crippen LogP contribution < -0.4 is 0 Å². The second-order valence-corrected chi connectivity index (χ2v) is 21.3. The summed E-state index contributed by atoms with van der Waals surface area (Å²) >= 11 is 0. The summed E-state index contributed by atoms with van der Waals surface area (Å²) in [4.78, 5) is 38.2. The van der Waals surface area contributed by atoms with E-state index in [1.54, 1.807) is 0 Å². The van der Waals surface area contributed by atoms with Crippen molar-refractivity contribution in [2.24, 2.45) is 0 Å². The average molecular weight is 986 g/mol. The van der Waals surface area contributed by atoms with Gasteiger partial charge < -0.3 is 14.2 Å². The molecule has 6 heteroatoms. The van der Waals surface area contributed by atoms with Crippen molar-refractivity contribution in [1.29, 1.82) is 0 Å². The second-order valence-electron chi connectivity index (χ2n) is 21.3. The molecule has 0 aromatic carbocycles. The first-order valence-corrected chi connectivity index (χ1v) is 31.3. The van der Waals surface area contributed by atoms with Crippen LogP contribution in [0.15, 0.2) is 24.3 Å². The molecule has 0 aliphatic carbocycles. The molecule has 1 unspecified atom stereocenters. The molecule has 0 rings (SSSR count). The van der Waals surface area contributed by atoms with Crippen LogP contribution in [0, 0.1) is 0 Å². The topological polar surface area (TPSA) is 78.9 Å². The maximum Gasteiger partial charge on any atom is 0.306 e. The first-order chi connectivity index (χ1) is 34.5. The van der Waals surface area contributed by atoms with Gasteiger partial charge in [0.2, 0.25) is 0 Å². The maximum atomic E-state index is 12.9. The number of allylic oxidation sites excluding steroid dienone is 4. The maximum absolute atomic E-state index is 12.9. The molecule has 1 atom stereocenters. The van der Waals surface area contributed by atoms with Gasteiger partial charge in [0.15, 0.2) is 6.10 Å². The molecule has 0 aromatic rings. The zero-order valence-corrected chi connectivity index (χ0v) is 47.3. The van der Waals surface area contributed by atoms with E-state index in [1.807, 2.05) is 0 Å². The van der Waals surface area contributed by atoms with E-state index in [4.69, 9.17) is 14.2 Å². The standard InChI is InChI=1S/C64H120O6/c1-4-7-10-13-16-19-22-25-27-29-30-31-32-33-34-36-37-39-42-45-48-51-54-57-63(66)69-60-61(59-68-62(65)56-53-50-47-44-41-24-21-18-15-12-9-6-3)70-64(67)58-55-52-49-46-43-40-38-35-28-26-23-20-17-14-11-8-5-2/h18,21,29-30,61H,4-17,19-20,22-28,31-60H2,1-3H3/b21-18-,30-29-. The van der Waals surface area contributed by atoms with E-state index < -0.39 is 6.10 Å². The van der Waals surface area contributed by atoms with E-state index in [9.17, 15) is 14.4 Å². The molecule has 412 valence electrons. The van der Waals surface area contributed by atoms with Gasteiger partial charge in [-0.05, 0) is 70.6 Å². The van der Waals surface area contributed by atoms with Crippen LogP contribution in [0.5, 0.6) is 0 Å². The van der Waals surface area contributed by atoms with Crippen molar-refractivity contribution in [3.8, 4) is 0 Å². The minimum Gasteiger partial charge on any atom is -0.462 e. The van der Waals surface area contributed by atoms with E-state index in [0.717, 1.165) is 64.2 Å². The summed E-state index contributed by atoms with van der Waals surface area (Å²) < 4.78 is 16.9. The van der Waals surface area contributed by atoms with Crippen molar-refractivity contribution in [1.82, 2.24) is 0 Å². The van der Waals surface area contributed by atoms with Crippen molar-refractivity contribution >= 4 is 17.9 Å². The van der Waals surface area contributed by atoms with Gasteiger partial charge in [-0.25, -0.2) is 0 Å². The summed E-state index contributed by atoms with van der Waals surface area (Å²) in [5.41, 5.74) is 0. The van der Waals surface area contributed by atoms with Gasteiger partial charge in [0.1, 0.15) is 13.2 Å². The summed E-state index contributed by atoms with van der Waals surface area (Å²) in [5, 5.41) is 0. The molecule has 0 saturated carbocycles. The molecule has 0 aliphatic heterocycles. The lowest BCUT2D eigenvalue weighted by molar-refractivity contribution is -0.167. The number of carbonyl (C=O) groups excluding carboxylic acids is 3. The van der Waals surface area contributed by atoms with Gasteiger partial charge in [0.25, 0.3) is 0 Å². The van der Waals surface area contributed by atoms with E-state index in [1.165, 1.54) is 244 Å². The summed E-state index contributed by atoms with van der Waals surface area (Å²) in [6, 6.07) is 0. The fraction of sp³-hybridized carbons (Fsp3) is 0.891. The van der Waals surface area contributed by atoms with Crippen molar-refractivity contribution in [2.75, 3.05) is 13.2 Å². The molecule has 70 heavy (non-hydrogen) atoms. The molecule has 0 heterocycles. The van der Waals surface area contributed by atoms with Gasteiger partial charge in [-0.3, -0.25) is 14.4 Å². The van der Waals surface area contributed by atoms with E-state index >= 15 is 0 Å². The van der Waals surface area contributed by atoms with Crippen LogP contribution in [0.25, 0.3) is 0 Å². The average Bonchev–Trinajstić information content (AvgIpc) is 3.36. The van der Waals surface area contributed by atoms with Crippen LogP contribution in [0.2, 0.25) is 0 Å². The van der Waals surface area contributed by atoms with Crippen LogP contribution in [0.3, 0.4) is 0 Å². The molecule has 0 spiro atoms. The first-order valence-electron chi connectivity index (χ1n) is 31.3. The minimum atomic E-state index is -0.771. The Morgan fingerprint density at radius 2 is 0.471 bits per heavy atom. The molecular formula is C64H120O6. The van der Waals surface area contributed by atoms with Crippen molar-refractivity contribution in [3.05, 3.63) is 24.3 Å². The first kappa shape index (κ1) is 67.9. The zero-order valence-electron chi connectivity index (χ0n) is 47.3. The van der Waals surface area contributed by atoms with E-state index in [2.05, 4.69) is 45.1 Å². The third kappa shape index (κ3) is 56.8. The predicted molar refractivity (Wildman–Crippen MR) is 303 cm³/mol. The van der Waals surface area contributed by atoms with Crippen LogP contribution >= 0.6 is 0 Å². The van der Waals surface area contributed by atoms with Gasteiger partial charge in [-0.2, -0.15) is 0 Å². The van der Waals surface area contributed by atoms with Crippen LogP contribution in [0.4, 0.5) is 0 Å². The number of carbonyl (C=O) groups is 3. The third-order valence-electron chi connectivity index (χ3n) is 14.2. The minimum absolute atomic E-state index is 0.0694. The Labute approximate surface area is 436 Å². The Bertz CT molecular complexity index is 1130. The lowest BCUT2D eigenvalue weighted by Gasteiger charge is -2.18. The van der Waals surface area contributed by atoms with Crippen LogP contribution in [-0.2, 0) is 28.6 Å². The van der Waals surface area contributed by atoms with Crippen molar-refractivity contribution < 1.29 is 28.6 Å². The smallest absolute Gasteiger partial charge is 0.306 e. The van der Waals surface area contributed by atoms with Gasteiger partial charge in [0, 0.05) is 19.3 Å². The number of unbranched alkanes of at least 4 members (excludes halogenated alkanes) is 43. The highest BCUT2D eigenvalue weighted by atomic mass is 16.6. The van der Waals surface area contributed by atoms with Gasteiger partial charge in [-0.1, -0.05) is 283 Å². The Balaban J connectivity index is 4.24. The monoisotopic (exact) mass is 985 g/mol. The van der Waals surface area contributed by atoms with Gasteiger partial charge in [-0.15, -0.1) is 0 Å². The Hall–Kier alpha value is -2.11. The zero-order chi connectivity index (χ0) is 50.7. The highest BCUT2D eigenvalue weighted by molar-refractivity contribution is 5.71. The van der Waals surface area contributed by atoms with Crippen molar-refractivity contribution in [3.63, 3.8) is 0 Å². The molecular weight excluding hydrogens is 865 g/mol. The summed E-state index contributed by atoms with van der Waals surface area (Å²) in [6.07, 6.45) is 70.4. The highest BCUT2D eigenvalue weighted by Gasteiger charge is 2.19. The molecule has 0 radical (unpaired) electrons. The van der Waals surface area contributed by atoms with E-state index in [0.29, 0.717) is 19.3 Å². The lowest BCUT2D eigenvalue weighted by Crippen LogP contribution is -2.30. The number of esters is 3. The molecule has 6 nitrogen and oxygen atoms in total. The fourth-order valence-electron chi connectivity index (χ4n) is 9.44.